The van der Waals surface area contributed by atoms with E-state index in [0.29, 0.717) is 0 Å². The molecule has 110 valence electrons. The van der Waals surface area contributed by atoms with Gasteiger partial charge in [0.25, 0.3) is 0 Å². The number of nitrogens with one attached hydrogen (secondary N) is 2. The van der Waals surface area contributed by atoms with Gasteiger partial charge in [0.05, 0.1) is 0 Å². The molecule has 0 bridgehead atoms. The van der Waals surface area contributed by atoms with Crippen molar-refractivity contribution in [2.45, 2.75) is 26.3 Å². The van der Waals surface area contributed by atoms with Gasteiger partial charge in [-0.2, -0.15) is 0 Å². The van der Waals surface area contributed by atoms with Gasteiger partial charge >= 0.3 is 0 Å². The maximum Gasteiger partial charge on any atom is 0.246 e. The van der Waals surface area contributed by atoms with Gasteiger partial charge in [0.15, 0.2) is 0 Å². The summed E-state index contributed by atoms with van der Waals surface area (Å²) in [4.78, 5) is 12.2. The lowest BCUT2D eigenvalue weighted by Gasteiger charge is -2.16. The van der Waals surface area contributed by atoms with E-state index in [0.717, 1.165) is 22.3 Å². The van der Waals surface area contributed by atoms with Crippen LogP contribution in [0.15, 0.2) is 53.0 Å². The molecule has 21 heavy (non-hydrogen) atoms. The van der Waals surface area contributed by atoms with Gasteiger partial charge in [-0.3, -0.25) is 4.79 Å². The topological polar surface area (TPSA) is 41.1 Å². The van der Waals surface area contributed by atoms with Gasteiger partial charge in [-0.05, 0) is 55.3 Å². The highest BCUT2D eigenvalue weighted by Crippen LogP contribution is 2.16. The molecule has 0 aliphatic heterocycles. The predicted octanol–water partition coefficient (Wildman–Crippen LogP) is 4.45. The molecule has 0 spiro atoms. The number of hydrogen-bond acceptors (Lipinski definition) is 2. The van der Waals surface area contributed by atoms with Gasteiger partial charge in [-0.15, -0.1) is 0 Å². The van der Waals surface area contributed by atoms with E-state index in [1.807, 2.05) is 43.3 Å². The molecule has 0 fully saturated rings. The van der Waals surface area contributed by atoms with Crippen molar-refractivity contribution in [1.29, 1.82) is 0 Å². The average Bonchev–Trinajstić information content (AvgIpc) is 2.49. The smallest absolute Gasteiger partial charge is 0.246 e. The first kappa shape index (κ1) is 15.6. The number of rotatable bonds is 5. The van der Waals surface area contributed by atoms with Crippen molar-refractivity contribution < 1.29 is 4.79 Å². The summed E-state index contributed by atoms with van der Waals surface area (Å²) >= 11 is 3.37. The lowest BCUT2D eigenvalue weighted by atomic mass is 10.1. The molecule has 0 saturated heterocycles. The van der Waals surface area contributed by atoms with E-state index in [2.05, 4.69) is 45.6 Å². The summed E-state index contributed by atoms with van der Waals surface area (Å²) in [5.41, 5.74) is 3.01. The highest BCUT2D eigenvalue weighted by atomic mass is 79.9. The van der Waals surface area contributed by atoms with Gasteiger partial charge in [0, 0.05) is 15.8 Å². The molecule has 0 unspecified atom stereocenters. The molecule has 0 aliphatic rings. The van der Waals surface area contributed by atoms with Gasteiger partial charge in [-0.1, -0.05) is 35.0 Å². The minimum absolute atomic E-state index is 0.0563. The number of benzene rings is 2. The van der Waals surface area contributed by atoms with Crippen molar-refractivity contribution in [3.8, 4) is 0 Å². The molecule has 0 radical (unpaired) electrons. The minimum atomic E-state index is -0.305. The summed E-state index contributed by atoms with van der Waals surface area (Å²) < 4.78 is 0.989. The summed E-state index contributed by atoms with van der Waals surface area (Å²) in [6.45, 7) is 3.97. The van der Waals surface area contributed by atoms with E-state index in [-0.39, 0.29) is 11.9 Å². The van der Waals surface area contributed by atoms with E-state index < -0.39 is 0 Å². The molecule has 0 saturated carbocycles. The Hall–Kier alpha value is -1.81. The van der Waals surface area contributed by atoms with Crippen LogP contribution in [-0.4, -0.2) is 11.9 Å². The number of carbonyl (C=O) groups excluding carboxylic acids is 1. The number of amides is 1. The lowest BCUT2D eigenvalue weighted by molar-refractivity contribution is -0.116. The van der Waals surface area contributed by atoms with Gasteiger partial charge in [0.2, 0.25) is 5.91 Å². The number of aryl methyl sites for hydroxylation is 1. The summed E-state index contributed by atoms with van der Waals surface area (Å²) in [6, 6.07) is 15.4. The first-order valence-electron chi connectivity index (χ1n) is 7.00. The Morgan fingerprint density at radius 1 is 1.14 bits per heavy atom. The molecule has 0 aromatic heterocycles. The van der Waals surface area contributed by atoms with E-state index in [1.165, 1.54) is 5.56 Å². The molecular weight excluding hydrogens is 328 g/mol. The summed E-state index contributed by atoms with van der Waals surface area (Å²) in [7, 11) is 0. The van der Waals surface area contributed by atoms with Crippen LogP contribution in [0.4, 0.5) is 11.4 Å². The zero-order chi connectivity index (χ0) is 15.2. The van der Waals surface area contributed by atoms with Crippen LogP contribution < -0.4 is 10.6 Å². The largest absolute Gasteiger partial charge is 0.374 e. The Morgan fingerprint density at radius 2 is 1.86 bits per heavy atom. The van der Waals surface area contributed by atoms with Crippen LogP contribution in [-0.2, 0) is 11.2 Å². The normalized spacial score (nSPS) is 11.8. The van der Waals surface area contributed by atoms with E-state index >= 15 is 0 Å². The zero-order valence-electron chi connectivity index (χ0n) is 12.2. The Labute approximate surface area is 133 Å². The number of hydrogen-bond donors (Lipinski definition) is 2. The standard InChI is InChI=1S/C17H19BrN2O/c1-3-13-5-4-6-16(11-13)19-12(2)17(21)20-15-9-7-14(18)8-10-15/h4-12,19H,3H2,1-2H3,(H,20,21)/t12-/m0/s1. The fourth-order valence-electron chi connectivity index (χ4n) is 1.98. The first-order chi connectivity index (χ1) is 10.1. The first-order valence-corrected chi connectivity index (χ1v) is 7.79. The molecule has 2 N–H and O–H groups in total. The molecule has 2 rings (SSSR count). The Bertz CT molecular complexity index is 610. The molecule has 0 aliphatic carbocycles. The maximum atomic E-state index is 12.2. The van der Waals surface area contributed by atoms with Crippen molar-refractivity contribution in [1.82, 2.24) is 0 Å². The summed E-state index contributed by atoms with van der Waals surface area (Å²) in [5, 5.41) is 6.12. The minimum Gasteiger partial charge on any atom is -0.374 e. The van der Waals surface area contributed by atoms with Crippen LogP contribution in [0.25, 0.3) is 0 Å². The second kappa shape index (κ2) is 7.27. The van der Waals surface area contributed by atoms with Crippen LogP contribution in [0, 0.1) is 0 Å². The third kappa shape index (κ3) is 4.60. The van der Waals surface area contributed by atoms with Crippen molar-refractivity contribution in [3.63, 3.8) is 0 Å². The third-order valence-electron chi connectivity index (χ3n) is 3.22. The summed E-state index contributed by atoms with van der Waals surface area (Å²) in [6.07, 6.45) is 0.981. The van der Waals surface area contributed by atoms with Crippen LogP contribution in [0.3, 0.4) is 0 Å². The summed E-state index contributed by atoms with van der Waals surface area (Å²) in [5.74, 6) is -0.0563. The lowest BCUT2D eigenvalue weighted by Crippen LogP contribution is -2.31. The van der Waals surface area contributed by atoms with Crippen LogP contribution in [0.1, 0.15) is 19.4 Å². The van der Waals surface area contributed by atoms with Gasteiger partial charge in [-0.25, -0.2) is 0 Å². The number of halogens is 1. The number of anilines is 2. The molecule has 1 atom stereocenters. The highest BCUT2D eigenvalue weighted by molar-refractivity contribution is 9.10. The molecule has 1 amide bonds. The van der Waals surface area contributed by atoms with Crippen LogP contribution >= 0.6 is 15.9 Å². The van der Waals surface area contributed by atoms with E-state index in [9.17, 15) is 4.79 Å². The molecule has 3 nitrogen and oxygen atoms in total. The Kier molecular flexibility index (Phi) is 5.39. The Morgan fingerprint density at radius 3 is 2.52 bits per heavy atom. The van der Waals surface area contributed by atoms with Crippen LogP contribution in [0.2, 0.25) is 0 Å². The monoisotopic (exact) mass is 346 g/mol. The van der Waals surface area contributed by atoms with Crippen LogP contribution in [0.5, 0.6) is 0 Å². The third-order valence-corrected chi connectivity index (χ3v) is 3.75. The second-order valence-corrected chi connectivity index (χ2v) is 5.83. The van der Waals surface area contributed by atoms with Gasteiger partial charge in [0.1, 0.15) is 6.04 Å². The molecule has 2 aromatic carbocycles. The van der Waals surface area contributed by atoms with Crippen molar-refractivity contribution in [2.75, 3.05) is 10.6 Å². The molecule has 0 heterocycles. The molecular formula is C17H19BrN2O. The second-order valence-electron chi connectivity index (χ2n) is 4.92. The number of carbonyl (C=O) groups is 1. The van der Waals surface area contributed by atoms with Crippen molar-refractivity contribution in [2.24, 2.45) is 0 Å². The van der Waals surface area contributed by atoms with Gasteiger partial charge < -0.3 is 10.6 Å². The van der Waals surface area contributed by atoms with Crippen molar-refractivity contribution >= 4 is 33.2 Å². The average molecular weight is 347 g/mol. The Balaban J connectivity index is 1.97. The fourth-order valence-corrected chi connectivity index (χ4v) is 2.24. The fraction of sp³-hybridized carbons (Fsp3) is 0.235. The predicted molar refractivity (Wildman–Crippen MR) is 91.7 cm³/mol. The molecule has 2 aromatic rings. The highest BCUT2D eigenvalue weighted by Gasteiger charge is 2.12. The SMILES string of the molecule is CCc1cccc(N[C@@H](C)C(=O)Nc2ccc(Br)cc2)c1. The van der Waals surface area contributed by atoms with Crippen molar-refractivity contribution in [3.05, 3.63) is 58.6 Å². The van der Waals surface area contributed by atoms with E-state index in [4.69, 9.17) is 0 Å². The quantitative estimate of drug-likeness (QED) is 0.839. The zero-order valence-corrected chi connectivity index (χ0v) is 13.8. The molecule has 4 heteroatoms. The maximum absolute atomic E-state index is 12.2. The van der Waals surface area contributed by atoms with E-state index in [1.54, 1.807) is 0 Å².